The van der Waals surface area contributed by atoms with Crippen LogP contribution in [0.1, 0.15) is 19.2 Å². The molecular weight excluding hydrogens is 212 g/mol. The molecule has 0 amide bonds. The molecule has 15 heavy (non-hydrogen) atoms. The largest absolute Gasteiger partial charge is 0.339 e. The van der Waals surface area contributed by atoms with Crippen molar-refractivity contribution in [1.82, 2.24) is 10.1 Å². The van der Waals surface area contributed by atoms with Crippen LogP contribution in [-0.4, -0.2) is 10.1 Å². The Balaban J connectivity index is 2.25. The molecule has 2 rings (SSSR count). The van der Waals surface area contributed by atoms with E-state index in [0.717, 1.165) is 18.4 Å². The van der Waals surface area contributed by atoms with E-state index in [9.17, 15) is 0 Å². The van der Waals surface area contributed by atoms with Crippen LogP contribution in [0.2, 0.25) is 5.02 Å². The topological polar surface area (TPSA) is 38.9 Å². The molecule has 1 aromatic heterocycles. The third-order valence-electron chi connectivity index (χ3n) is 2.03. The molecule has 0 atom stereocenters. The van der Waals surface area contributed by atoms with E-state index in [-0.39, 0.29) is 0 Å². The lowest BCUT2D eigenvalue weighted by atomic mass is 10.2. The summed E-state index contributed by atoms with van der Waals surface area (Å²) in [6.45, 7) is 2.08. The third kappa shape index (κ3) is 2.36. The highest BCUT2D eigenvalue weighted by Gasteiger charge is 2.06. The van der Waals surface area contributed by atoms with Crippen LogP contribution in [0.15, 0.2) is 28.8 Å². The lowest BCUT2D eigenvalue weighted by Gasteiger charge is -1.93. The summed E-state index contributed by atoms with van der Waals surface area (Å²) in [6.07, 6.45) is 1.82. The molecule has 0 fully saturated rings. The zero-order valence-corrected chi connectivity index (χ0v) is 9.16. The first kappa shape index (κ1) is 10.2. The maximum atomic E-state index is 5.79. The minimum Gasteiger partial charge on any atom is -0.339 e. The molecule has 0 spiro atoms. The van der Waals surface area contributed by atoms with Crippen LogP contribution < -0.4 is 0 Å². The number of nitrogens with zero attached hydrogens (tertiary/aromatic N) is 2. The lowest BCUT2D eigenvalue weighted by Crippen LogP contribution is -1.83. The first-order valence-corrected chi connectivity index (χ1v) is 5.26. The number of rotatable bonds is 3. The SMILES string of the molecule is CCCc1nc(-c2ccc(Cl)cc2)no1. The second-order valence-electron chi connectivity index (χ2n) is 3.27. The number of hydrogen-bond donors (Lipinski definition) is 0. The van der Waals surface area contributed by atoms with Gasteiger partial charge in [-0.1, -0.05) is 23.7 Å². The molecule has 0 aliphatic carbocycles. The van der Waals surface area contributed by atoms with E-state index in [1.165, 1.54) is 0 Å². The van der Waals surface area contributed by atoms with Crippen LogP contribution in [0, 0.1) is 0 Å². The molecule has 0 aliphatic rings. The van der Waals surface area contributed by atoms with Gasteiger partial charge in [0.1, 0.15) is 0 Å². The number of aromatic nitrogens is 2. The van der Waals surface area contributed by atoms with Gasteiger partial charge in [-0.05, 0) is 30.7 Å². The normalized spacial score (nSPS) is 10.5. The van der Waals surface area contributed by atoms with Crippen LogP contribution in [0.5, 0.6) is 0 Å². The average Bonchev–Trinajstić information content (AvgIpc) is 2.68. The Labute approximate surface area is 93.1 Å². The Morgan fingerprint density at radius 2 is 2.00 bits per heavy atom. The summed E-state index contributed by atoms with van der Waals surface area (Å²) in [5.74, 6) is 1.30. The Bertz CT molecular complexity index is 436. The first-order chi connectivity index (χ1) is 7.29. The summed E-state index contributed by atoms with van der Waals surface area (Å²) >= 11 is 5.79. The van der Waals surface area contributed by atoms with Crippen LogP contribution in [0.4, 0.5) is 0 Å². The molecular formula is C11H11ClN2O. The van der Waals surface area contributed by atoms with E-state index in [2.05, 4.69) is 17.1 Å². The van der Waals surface area contributed by atoms with E-state index >= 15 is 0 Å². The molecule has 0 N–H and O–H groups in total. The van der Waals surface area contributed by atoms with Crippen LogP contribution >= 0.6 is 11.6 Å². The van der Waals surface area contributed by atoms with E-state index < -0.39 is 0 Å². The van der Waals surface area contributed by atoms with Crippen molar-refractivity contribution in [3.05, 3.63) is 35.2 Å². The predicted molar refractivity (Wildman–Crippen MR) is 58.7 cm³/mol. The molecule has 4 heteroatoms. The van der Waals surface area contributed by atoms with Gasteiger partial charge in [0.15, 0.2) is 0 Å². The van der Waals surface area contributed by atoms with Crippen LogP contribution in [-0.2, 0) is 6.42 Å². The van der Waals surface area contributed by atoms with Gasteiger partial charge < -0.3 is 4.52 Å². The molecule has 0 saturated carbocycles. The Morgan fingerprint density at radius 1 is 1.27 bits per heavy atom. The minimum absolute atomic E-state index is 0.620. The Hall–Kier alpha value is -1.35. The minimum atomic E-state index is 0.620. The zero-order chi connectivity index (χ0) is 10.7. The molecule has 0 unspecified atom stereocenters. The predicted octanol–water partition coefficient (Wildman–Crippen LogP) is 3.34. The third-order valence-corrected chi connectivity index (χ3v) is 2.29. The highest BCUT2D eigenvalue weighted by molar-refractivity contribution is 6.30. The van der Waals surface area contributed by atoms with Crippen LogP contribution in [0.3, 0.4) is 0 Å². The van der Waals surface area contributed by atoms with Crippen molar-refractivity contribution >= 4 is 11.6 Å². The van der Waals surface area contributed by atoms with E-state index in [4.69, 9.17) is 16.1 Å². The highest BCUT2D eigenvalue weighted by atomic mass is 35.5. The second kappa shape index (κ2) is 4.45. The quantitative estimate of drug-likeness (QED) is 0.800. The highest BCUT2D eigenvalue weighted by Crippen LogP contribution is 2.18. The molecule has 2 aromatic rings. The monoisotopic (exact) mass is 222 g/mol. The second-order valence-corrected chi connectivity index (χ2v) is 3.71. The summed E-state index contributed by atoms with van der Waals surface area (Å²) in [6, 6.07) is 7.38. The van der Waals surface area contributed by atoms with Gasteiger partial charge in [0.05, 0.1) is 0 Å². The Morgan fingerprint density at radius 3 is 2.67 bits per heavy atom. The van der Waals surface area contributed by atoms with Crippen LogP contribution in [0.25, 0.3) is 11.4 Å². The van der Waals surface area contributed by atoms with Gasteiger partial charge in [0.2, 0.25) is 11.7 Å². The fourth-order valence-electron chi connectivity index (χ4n) is 1.29. The summed E-state index contributed by atoms with van der Waals surface area (Å²) in [4.78, 5) is 4.28. The van der Waals surface area contributed by atoms with E-state index in [1.54, 1.807) is 0 Å². The van der Waals surface area contributed by atoms with Gasteiger partial charge in [0, 0.05) is 17.0 Å². The average molecular weight is 223 g/mol. The molecule has 78 valence electrons. The summed E-state index contributed by atoms with van der Waals surface area (Å²) < 4.78 is 5.10. The van der Waals surface area contributed by atoms with Crippen molar-refractivity contribution in [2.24, 2.45) is 0 Å². The van der Waals surface area contributed by atoms with E-state index in [1.807, 2.05) is 24.3 Å². The van der Waals surface area contributed by atoms with Crippen molar-refractivity contribution in [3.63, 3.8) is 0 Å². The molecule has 0 saturated heterocycles. The van der Waals surface area contributed by atoms with Gasteiger partial charge in [-0.25, -0.2) is 0 Å². The maximum absolute atomic E-state index is 5.79. The molecule has 1 heterocycles. The van der Waals surface area contributed by atoms with Gasteiger partial charge in [0.25, 0.3) is 0 Å². The number of hydrogen-bond acceptors (Lipinski definition) is 3. The fraction of sp³-hybridized carbons (Fsp3) is 0.273. The van der Waals surface area contributed by atoms with Gasteiger partial charge in [-0.3, -0.25) is 0 Å². The van der Waals surface area contributed by atoms with Gasteiger partial charge in [-0.2, -0.15) is 4.98 Å². The number of benzene rings is 1. The number of halogens is 1. The smallest absolute Gasteiger partial charge is 0.226 e. The standard InChI is InChI=1S/C11H11ClN2O/c1-2-3-10-13-11(14-15-10)8-4-6-9(12)7-5-8/h4-7H,2-3H2,1H3. The molecule has 0 radical (unpaired) electrons. The molecule has 3 nitrogen and oxygen atoms in total. The summed E-state index contributed by atoms with van der Waals surface area (Å²) in [5, 5.41) is 4.61. The molecule has 0 bridgehead atoms. The zero-order valence-electron chi connectivity index (χ0n) is 8.40. The van der Waals surface area contributed by atoms with Crippen molar-refractivity contribution in [1.29, 1.82) is 0 Å². The molecule has 1 aromatic carbocycles. The van der Waals surface area contributed by atoms with Crippen molar-refractivity contribution in [2.75, 3.05) is 0 Å². The van der Waals surface area contributed by atoms with E-state index in [0.29, 0.717) is 16.7 Å². The number of aryl methyl sites for hydroxylation is 1. The molecule has 0 aliphatic heterocycles. The summed E-state index contributed by atoms with van der Waals surface area (Å²) in [7, 11) is 0. The first-order valence-electron chi connectivity index (χ1n) is 4.88. The Kier molecular flexibility index (Phi) is 3.02. The van der Waals surface area contributed by atoms with Gasteiger partial charge >= 0.3 is 0 Å². The van der Waals surface area contributed by atoms with Gasteiger partial charge in [-0.15, -0.1) is 0 Å². The summed E-state index contributed by atoms with van der Waals surface area (Å²) in [5.41, 5.74) is 0.922. The lowest BCUT2D eigenvalue weighted by molar-refractivity contribution is 0.378. The maximum Gasteiger partial charge on any atom is 0.226 e. The van der Waals surface area contributed by atoms with Crippen molar-refractivity contribution in [3.8, 4) is 11.4 Å². The van der Waals surface area contributed by atoms with Crippen molar-refractivity contribution in [2.45, 2.75) is 19.8 Å². The fourth-order valence-corrected chi connectivity index (χ4v) is 1.41. The van der Waals surface area contributed by atoms with Crippen molar-refractivity contribution < 1.29 is 4.52 Å².